The summed E-state index contributed by atoms with van der Waals surface area (Å²) in [6.07, 6.45) is 4.57. The highest BCUT2D eigenvalue weighted by Gasteiger charge is 2.09. The van der Waals surface area contributed by atoms with E-state index in [0.29, 0.717) is 11.1 Å². The first kappa shape index (κ1) is 13.4. The highest BCUT2D eigenvalue weighted by molar-refractivity contribution is 9.10. The first-order valence-electron chi connectivity index (χ1n) is 5.27. The van der Waals surface area contributed by atoms with Gasteiger partial charge in [0, 0.05) is 10.7 Å². The van der Waals surface area contributed by atoms with Crippen molar-refractivity contribution in [1.29, 1.82) is 0 Å². The Bertz CT molecular complexity index is 719. The van der Waals surface area contributed by atoms with E-state index in [0.717, 1.165) is 9.50 Å². The molecule has 20 heavy (non-hydrogen) atoms. The van der Waals surface area contributed by atoms with Crippen molar-refractivity contribution in [2.24, 2.45) is 0 Å². The van der Waals surface area contributed by atoms with Gasteiger partial charge in [-0.1, -0.05) is 0 Å². The molecule has 0 aliphatic carbocycles. The number of nitrogens with zero attached hydrogens (tertiary/aromatic N) is 7. The summed E-state index contributed by atoms with van der Waals surface area (Å²) in [4.78, 5) is 20.4. The summed E-state index contributed by atoms with van der Waals surface area (Å²) in [5.41, 5.74) is 0. The molecule has 0 spiro atoms. The van der Waals surface area contributed by atoms with E-state index >= 15 is 0 Å². The molecule has 0 aliphatic heterocycles. The van der Waals surface area contributed by atoms with Crippen molar-refractivity contribution in [3.63, 3.8) is 0 Å². The van der Waals surface area contributed by atoms with Crippen LogP contribution in [0.4, 0.5) is 0 Å². The van der Waals surface area contributed by atoms with Crippen molar-refractivity contribution in [3.8, 4) is 5.95 Å². The summed E-state index contributed by atoms with van der Waals surface area (Å²) >= 11 is 10.5. The van der Waals surface area contributed by atoms with Gasteiger partial charge in [-0.05, 0) is 51.4 Å². The largest absolute Gasteiger partial charge is 0.257 e. The zero-order valence-electron chi connectivity index (χ0n) is 9.68. The van der Waals surface area contributed by atoms with Crippen molar-refractivity contribution in [2.75, 3.05) is 0 Å². The van der Waals surface area contributed by atoms with Crippen LogP contribution in [0.1, 0.15) is 0 Å². The molecule has 0 fully saturated rings. The van der Waals surface area contributed by atoms with Crippen molar-refractivity contribution in [2.45, 2.75) is 10.2 Å². The number of pyridine rings is 1. The predicted octanol–water partition coefficient (Wildman–Crippen LogP) is 2.41. The van der Waals surface area contributed by atoms with E-state index < -0.39 is 0 Å². The van der Waals surface area contributed by atoms with Crippen molar-refractivity contribution >= 4 is 39.3 Å². The molecular formula is C10H5BrClN7S. The second-order valence-electron chi connectivity index (χ2n) is 3.44. The second-order valence-corrected chi connectivity index (χ2v) is 5.69. The summed E-state index contributed by atoms with van der Waals surface area (Å²) in [7, 11) is 0. The second kappa shape index (κ2) is 5.81. The molecule has 3 heterocycles. The van der Waals surface area contributed by atoms with Crippen LogP contribution in [-0.2, 0) is 0 Å². The molecule has 3 aromatic rings. The number of aromatic nitrogens is 7. The van der Waals surface area contributed by atoms with E-state index in [1.807, 2.05) is 12.1 Å². The molecule has 0 N–H and O–H groups in total. The van der Waals surface area contributed by atoms with E-state index in [4.69, 9.17) is 11.6 Å². The molecule has 3 rings (SSSR count). The summed E-state index contributed by atoms with van der Waals surface area (Å²) in [6, 6.07) is 3.73. The normalized spacial score (nSPS) is 10.7. The van der Waals surface area contributed by atoms with Crippen molar-refractivity contribution < 1.29 is 0 Å². The predicted molar refractivity (Wildman–Crippen MR) is 75.8 cm³/mol. The molecule has 0 saturated carbocycles. The molecule has 7 nitrogen and oxygen atoms in total. The standard InChI is InChI=1S/C10H5BrClN7S/c11-6-1-2-7(14-3-6)20-10-17-8(12)16-9(18-10)19-5-13-4-15-19/h1-5H. The van der Waals surface area contributed by atoms with Gasteiger partial charge in [0.25, 0.3) is 5.95 Å². The fraction of sp³-hybridized carbons (Fsp3) is 0. The van der Waals surface area contributed by atoms with Gasteiger partial charge in [0.1, 0.15) is 17.7 Å². The number of hydrogen-bond donors (Lipinski definition) is 0. The van der Waals surface area contributed by atoms with Crippen LogP contribution >= 0.6 is 39.3 Å². The van der Waals surface area contributed by atoms with Crippen molar-refractivity contribution in [1.82, 2.24) is 34.7 Å². The molecule has 100 valence electrons. The van der Waals surface area contributed by atoms with Crippen LogP contribution in [-0.4, -0.2) is 34.7 Å². The summed E-state index contributed by atoms with van der Waals surface area (Å²) in [5.74, 6) is 0.308. The van der Waals surface area contributed by atoms with Crippen LogP contribution in [0.15, 0.2) is 45.6 Å². The smallest absolute Gasteiger partial charge is 0.248 e. The van der Waals surface area contributed by atoms with Crippen molar-refractivity contribution in [3.05, 3.63) is 40.7 Å². The van der Waals surface area contributed by atoms with Gasteiger partial charge in [0.05, 0.1) is 0 Å². The third-order valence-corrected chi connectivity index (χ3v) is 3.55. The third-order valence-electron chi connectivity index (χ3n) is 2.10. The van der Waals surface area contributed by atoms with E-state index in [1.54, 1.807) is 6.20 Å². The Morgan fingerprint density at radius 2 is 2.10 bits per heavy atom. The first-order valence-corrected chi connectivity index (χ1v) is 7.25. The lowest BCUT2D eigenvalue weighted by Gasteiger charge is -2.03. The Balaban J connectivity index is 1.92. The molecule has 0 aliphatic rings. The SMILES string of the molecule is Clc1nc(Sc2ccc(Br)cn2)nc(-n2cncn2)n1. The number of halogens is 2. The zero-order chi connectivity index (χ0) is 13.9. The van der Waals surface area contributed by atoms with Gasteiger partial charge in [-0.3, -0.25) is 0 Å². The lowest BCUT2D eigenvalue weighted by Crippen LogP contribution is -2.04. The molecule has 0 aromatic carbocycles. The van der Waals surface area contributed by atoms with E-state index in [9.17, 15) is 0 Å². The molecule has 0 atom stereocenters. The van der Waals surface area contributed by atoms with Gasteiger partial charge in [-0.15, -0.1) is 0 Å². The average Bonchev–Trinajstić information content (AvgIpc) is 2.95. The van der Waals surface area contributed by atoms with Gasteiger partial charge in [0.2, 0.25) is 5.28 Å². The molecule has 0 unspecified atom stereocenters. The van der Waals surface area contributed by atoms with Crippen LogP contribution in [0.2, 0.25) is 5.28 Å². The lowest BCUT2D eigenvalue weighted by atomic mass is 10.5. The Labute approximate surface area is 131 Å². The molecular weight excluding hydrogens is 366 g/mol. The van der Waals surface area contributed by atoms with Gasteiger partial charge in [-0.25, -0.2) is 9.97 Å². The van der Waals surface area contributed by atoms with Crippen LogP contribution in [0, 0.1) is 0 Å². The Morgan fingerprint density at radius 3 is 2.80 bits per heavy atom. The molecule has 0 amide bonds. The van der Waals surface area contributed by atoms with E-state index in [2.05, 4.69) is 45.9 Å². The molecule has 10 heteroatoms. The molecule has 0 bridgehead atoms. The lowest BCUT2D eigenvalue weighted by molar-refractivity contribution is 0.757. The van der Waals surface area contributed by atoms with Crippen LogP contribution in [0.25, 0.3) is 5.95 Å². The van der Waals surface area contributed by atoms with Gasteiger partial charge < -0.3 is 0 Å². The molecule has 0 saturated heterocycles. The Hall–Kier alpha value is -1.58. The van der Waals surface area contributed by atoms with Crippen LogP contribution in [0.5, 0.6) is 0 Å². The van der Waals surface area contributed by atoms with E-state index in [1.165, 1.54) is 29.1 Å². The van der Waals surface area contributed by atoms with Gasteiger partial charge >= 0.3 is 0 Å². The summed E-state index contributed by atoms with van der Waals surface area (Å²) < 4.78 is 2.31. The van der Waals surface area contributed by atoms with Crippen LogP contribution < -0.4 is 0 Å². The van der Waals surface area contributed by atoms with E-state index in [-0.39, 0.29) is 5.28 Å². The number of rotatable bonds is 3. The number of hydrogen-bond acceptors (Lipinski definition) is 7. The quantitative estimate of drug-likeness (QED) is 0.700. The average molecular weight is 371 g/mol. The maximum absolute atomic E-state index is 5.89. The monoisotopic (exact) mass is 369 g/mol. The fourth-order valence-corrected chi connectivity index (χ4v) is 2.43. The fourth-order valence-electron chi connectivity index (χ4n) is 1.30. The minimum Gasteiger partial charge on any atom is -0.248 e. The third kappa shape index (κ3) is 3.11. The summed E-state index contributed by atoms with van der Waals surface area (Å²) in [6.45, 7) is 0. The van der Waals surface area contributed by atoms with Gasteiger partial charge in [-0.2, -0.15) is 24.7 Å². The Morgan fingerprint density at radius 1 is 1.20 bits per heavy atom. The minimum atomic E-state index is 0.0881. The highest BCUT2D eigenvalue weighted by Crippen LogP contribution is 2.24. The summed E-state index contributed by atoms with van der Waals surface area (Å²) in [5, 5.41) is 5.22. The maximum Gasteiger partial charge on any atom is 0.257 e. The maximum atomic E-state index is 5.89. The van der Waals surface area contributed by atoms with Crippen LogP contribution in [0.3, 0.4) is 0 Å². The molecule has 0 radical (unpaired) electrons. The minimum absolute atomic E-state index is 0.0881. The molecule has 3 aromatic heterocycles. The Kier molecular flexibility index (Phi) is 3.90. The highest BCUT2D eigenvalue weighted by atomic mass is 79.9. The zero-order valence-corrected chi connectivity index (χ0v) is 12.8. The first-order chi connectivity index (χ1) is 9.70. The topological polar surface area (TPSA) is 82.3 Å². The van der Waals surface area contributed by atoms with Gasteiger partial charge in [0.15, 0.2) is 5.16 Å².